The van der Waals surface area contributed by atoms with E-state index in [1.807, 2.05) is 0 Å². The molecule has 0 saturated heterocycles. The lowest BCUT2D eigenvalue weighted by Gasteiger charge is -2.13. The zero-order valence-corrected chi connectivity index (χ0v) is 9.85. The average molecular weight is 255 g/mol. The molecule has 1 unspecified atom stereocenters. The molecule has 2 N–H and O–H groups in total. The molecule has 6 heteroatoms. The Labute approximate surface area is 99.6 Å². The van der Waals surface area contributed by atoms with Crippen molar-refractivity contribution in [3.63, 3.8) is 0 Å². The number of benzene rings is 1. The van der Waals surface area contributed by atoms with Crippen LogP contribution in [0.15, 0.2) is 30.3 Å². The van der Waals surface area contributed by atoms with E-state index in [0.29, 0.717) is 0 Å². The number of carbonyl (C=O) groups excluding carboxylic acids is 1. The summed E-state index contributed by atoms with van der Waals surface area (Å²) < 4.78 is 31.7. The number of carbonyl (C=O) groups is 1. The Hall–Kier alpha value is -1.40. The second-order valence-corrected chi connectivity index (χ2v) is 5.59. The van der Waals surface area contributed by atoms with E-state index in [0.717, 1.165) is 12.8 Å². The molecule has 0 radical (unpaired) electrons. The van der Waals surface area contributed by atoms with E-state index < -0.39 is 21.3 Å². The van der Waals surface area contributed by atoms with Crippen LogP contribution in [0.25, 0.3) is 0 Å². The van der Waals surface area contributed by atoms with Gasteiger partial charge >= 0.3 is 0 Å². The van der Waals surface area contributed by atoms with Crippen molar-refractivity contribution in [2.45, 2.75) is 24.1 Å². The molecule has 17 heavy (non-hydrogen) atoms. The highest BCUT2D eigenvalue weighted by molar-refractivity contribution is 7.86. The summed E-state index contributed by atoms with van der Waals surface area (Å²) in [5.41, 5.74) is 0.271. The van der Waals surface area contributed by atoms with Crippen LogP contribution < -0.4 is 5.32 Å². The largest absolute Gasteiger partial charge is 0.352 e. The molecule has 92 valence electrons. The summed E-state index contributed by atoms with van der Waals surface area (Å²) in [7, 11) is -4.45. The van der Waals surface area contributed by atoms with Gasteiger partial charge in [-0.1, -0.05) is 30.3 Å². The zero-order chi connectivity index (χ0) is 12.5. The zero-order valence-electron chi connectivity index (χ0n) is 9.04. The van der Waals surface area contributed by atoms with Crippen molar-refractivity contribution in [3.8, 4) is 0 Å². The SMILES string of the molecule is O=C(NC1CC1)C(c1ccccc1)S(=O)(=O)O. The van der Waals surface area contributed by atoms with Crippen LogP contribution in [0.4, 0.5) is 0 Å². The highest BCUT2D eigenvalue weighted by Crippen LogP contribution is 2.25. The third-order valence-electron chi connectivity index (χ3n) is 2.56. The van der Waals surface area contributed by atoms with Gasteiger partial charge in [0.15, 0.2) is 5.25 Å². The topological polar surface area (TPSA) is 83.5 Å². The molecule has 0 aromatic heterocycles. The Balaban J connectivity index is 2.28. The fourth-order valence-corrected chi connectivity index (χ4v) is 2.43. The van der Waals surface area contributed by atoms with E-state index in [-0.39, 0.29) is 11.6 Å². The highest BCUT2D eigenvalue weighted by atomic mass is 32.2. The minimum atomic E-state index is -4.45. The van der Waals surface area contributed by atoms with Crippen LogP contribution in [-0.2, 0) is 14.9 Å². The minimum absolute atomic E-state index is 0.0514. The van der Waals surface area contributed by atoms with Crippen LogP contribution in [0, 0.1) is 0 Å². The summed E-state index contributed by atoms with van der Waals surface area (Å²) in [4.78, 5) is 11.8. The van der Waals surface area contributed by atoms with Gasteiger partial charge in [0.2, 0.25) is 5.91 Å². The molecule has 1 amide bonds. The molecule has 1 atom stereocenters. The van der Waals surface area contributed by atoms with Crippen molar-refractivity contribution in [1.82, 2.24) is 5.32 Å². The van der Waals surface area contributed by atoms with Gasteiger partial charge in [-0.15, -0.1) is 0 Å². The maximum atomic E-state index is 11.8. The molecule has 5 nitrogen and oxygen atoms in total. The predicted molar refractivity (Wildman–Crippen MR) is 61.9 cm³/mol. The van der Waals surface area contributed by atoms with Crippen molar-refractivity contribution in [3.05, 3.63) is 35.9 Å². The summed E-state index contributed by atoms with van der Waals surface area (Å²) in [6.07, 6.45) is 1.72. The van der Waals surface area contributed by atoms with Crippen LogP contribution in [0.2, 0.25) is 0 Å². The Morgan fingerprint density at radius 3 is 2.35 bits per heavy atom. The number of rotatable bonds is 4. The molecule has 2 rings (SSSR count). The second-order valence-electron chi connectivity index (χ2n) is 4.09. The van der Waals surface area contributed by atoms with Gasteiger partial charge < -0.3 is 5.32 Å². The minimum Gasteiger partial charge on any atom is -0.352 e. The van der Waals surface area contributed by atoms with E-state index in [2.05, 4.69) is 5.32 Å². The second kappa shape index (κ2) is 4.46. The summed E-state index contributed by atoms with van der Waals surface area (Å²) in [6.45, 7) is 0. The summed E-state index contributed by atoms with van der Waals surface area (Å²) >= 11 is 0. The quantitative estimate of drug-likeness (QED) is 0.783. The predicted octanol–water partition coefficient (Wildman–Crippen LogP) is 0.894. The lowest BCUT2D eigenvalue weighted by atomic mass is 10.1. The van der Waals surface area contributed by atoms with E-state index in [4.69, 9.17) is 4.55 Å². The molecule has 0 spiro atoms. The van der Waals surface area contributed by atoms with Gasteiger partial charge in [0, 0.05) is 6.04 Å². The molecule has 1 fully saturated rings. The monoisotopic (exact) mass is 255 g/mol. The first kappa shape index (κ1) is 12.1. The van der Waals surface area contributed by atoms with Gasteiger partial charge in [-0.2, -0.15) is 8.42 Å². The van der Waals surface area contributed by atoms with Crippen molar-refractivity contribution < 1.29 is 17.8 Å². The van der Waals surface area contributed by atoms with Crippen LogP contribution in [0.5, 0.6) is 0 Å². The average Bonchev–Trinajstić information content (AvgIpc) is 3.01. The molecule has 0 aliphatic heterocycles. The Kier molecular flexibility index (Phi) is 3.17. The molecule has 0 bridgehead atoms. The van der Waals surface area contributed by atoms with Crippen LogP contribution >= 0.6 is 0 Å². The van der Waals surface area contributed by atoms with Gasteiger partial charge in [-0.05, 0) is 18.4 Å². The summed E-state index contributed by atoms with van der Waals surface area (Å²) in [5.74, 6) is -0.666. The number of hydrogen-bond donors (Lipinski definition) is 2. The Morgan fingerprint density at radius 1 is 1.29 bits per heavy atom. The van der Waals surface area contributed by atoms with Crippen LogP contribution in [0.1, 0.15) is 23.7 Å². The first-order chi connectivity index (χ1) is 7.98. The number of amides is 1. The lowest BCUT2D eigenvalue weighted by Crippen LogP contribution is -2.34. The standard InChI is InChI=1S/C11H13NO4S/c13-11(12-9-6-7-9)10(17(14,15)16)8-4-2-1-3-5-8/h1-5,9-10H,6-7H2,(H,12,13)(H,14,15,16). The normalized spacial score (nSPS) is 17.5. The van der Waals surface area contributed by atoms with Crippen LogP contribution in [0.3, 0.4) is 0 Å². The molecule has 1 aliphatic carbocycles. The maximum Gasteiger partial charge on any atom is 0.281 e. The molecule has 1 aliphatic rings. The van der Waals surface area contributed by atoms with E-state index in [1.165, 1.54) is 12.1 Å². The summed E-state index contributed by atoms with van der Waals surface area (Å²) in [6, 6.07) is 8.02. The third kappa shape index (κ3) is 3.04. The van der Waals surface area contributed by atoms with Crippen molar-refractivity contribution in [2.75, 3.05) is 0 Å². The van der Waals surface area contributed by atoms with Gasteiger partial charge in [0.05, 0.1) is 0 Å². The fraction of sp³-hybridized carbons (Fsp3) is 0.364. The molecule has 0 heterocycles. The van der Waals surface area contributed by atoms with Gasteiger partial charge in [-0.3, -0.25) is 9.35 Å². The van der Waals surface area contributed by atoms with E-state index in [9.17, 15) is 13.2 Å². The first-order valence-electron chi connectivity index (χ1n) is 5.30. The maximum absolute atomic E-state index is 11.8. The summed E-state index contributed by atoms with van der Waals surface area (Å²) in [5, 5.41) is 1.04. The highest BCUT2D eigenvalue weighted by Gasteiger charge is 2.35. The fourth-order valence-electron chi connectivity index (χ4n) is 1.59. The van der Waals surface area contributed by atoms with Gasteiger partial charge in [0.25, 0.3) is 10.1 Å². The molecular weight excluding hydrogens is 242 g/mol. The first-order valence-corrected chi connectivity index (χ1v) is 6.80. The smallest absolute Gasteiger partial charge is 0.281 e. The van der Waals surface area contributed by atoms with Gasteiger partial charge in [-0.25, -0.2) is 0 Å². The molecule has 1 saturated carbocycles. The van der Waals surface area contributed by atoms with E-state index in [1.54, 1.807) is 18.2 Å². The van der Waals surface area contributed by atoms with Crippen LogP contribution in [-0.4, -0.2) is 24.9 Å². The number of nitrogens with one attached hydrogen (secondary N) is 1. The van der Waals surface area contributed by atoms with Crippen molar-refractivity contribution in [1.29, 1.82) is 0 Å². The van der Waals surface area contributed by atoms with E-state index >= 15 is 0 Å². The Bertz CT molecular complexity index is 508. The Morgan fingerprint density at radius 2 is 1.88 bits per heavy atom. The van der Waals surface area contributed by atoms with Crippen molar-refractivity contribution in [2.24, 2.45) is 0 Å². The molecular formula is C11H13NO4S. The molecule has 1 aromatic carbocycles. The molecule has 1 aromatic rings. The van der Waals surface area contributed by atoms with Crippen molar-refractivity contribution >= 4 is 16.0 Å². The third-order valence-corrected chi connectivity index (χ3v) is 3.64. The number of hydrogen-bond acceptors (Lipinski definition) is 3. The lowest BCUT2D eigenvalue weighted by molar-refractivity contribution is -0.121. The van der Waals surface area contributed by atoms with Gasteiger partial charge in [0.1, 0.15) is 0 Å².